The van der Waals surface area contributed by atoms with Gasteiger partial charge in [0.25, 0.3) is 5.91 Å². The van der Waals surface area contributed by atoms with Gasteiger partial charge in [-0.2, -0.15) is 5.10 Å². The first-order valence-corrected chi connectivity index (χ1v) is 9.03. The second kappa shape index (κ2) is 7.62. The van der Waals surface area contributed by atoms with Crippen LogP contribution in [0.4, 0.5) is 0 Å². The van der Waals surface area contributed by atoms with Crippen LogP contribution >= 0.6 is 0 Å². The summed E-state index contributed by atoms with van der Waals surface area (Å²) in [6, 6.07) is 16.0. The van der Waals surface area contributed by atoms with Gasteiger partial charge in [-0.05, 0) is 76.1 Å². The minimum absolute atomic E-state index is 0.214. The molecule has 1 amide bonds. The maximum Gasteiger partial charge on any atom is 0.271 e. The molecule has 0 aliphatic heterocycles. The van der Waals surface area contributed by atoms with Gasteiger partial charge in [-0.3, -0.25) is 4.79 Å². The van der Waals surface area contributed by atoms with Crippen LogP contribution in [0.2, 0.25) is 0 Å². The van der Waals surface area contributed by atoms with Crippen LogP contribution in [0.25, 0.3) is 5.69 Å². The number of aromatic nitrogens is 1. The van der Waals surface area contributed by atoms with E-state index in [2.05, 4.69) is 67.1 Å². The number of aryl methyl sites for hydroxylation is 4. The molecular weight excluding hydrogens is 334 g/mol. The van der Waals surface area contributed by atoms with Gasteiger partial charge < -0.3 is 4.57 Å². The van der Waals surface area contributed by atoms with Crippen LogP contribution in [0.15, 0.2) is 53.6 Å². The van der Waals surface area contributed by atoms with E-state index < -0.39 is 0 Å². The second-order valence-electron chi connectivity index (χ2n) is 7.07. The highest BCUT2D eigenvalue weighted by Crippen LogP contribution is 2.21. The highest BCUT2D eigenvalue weighted by Gasteiger charge is 2.10. The molecule has 0 bridgehead atoms. The predicted octanol–water partition coefficient (Wildman–Crippen LogP) is 4.78. The van der Waals surface area contributed by atoms with Gasteiger partial charge in [-0.15, -0.1) is 0 Å². The molecule has 0 fully saturated rings. The van der Waals surface area contributed by atoms with Crippen LogP contribution in [-0.2, 0) is 0 Å². The summed E-state index contributed by atoms with van der Waals surface area (Å²) in [5.74, 6) is -0.214. The van der Waals surface area contributed by atoms with E-state index in [0.717, 1.165) is 28.2 Å². The SMILES string of the molecule is Cc1ccc(C(=O)N/N=C/c2cc(C)n(-c3cc(C)cc(C)c3)c2C)cc1. The molecule has 0 atom stereocenters. The van der Waals surface area contributed by atoms with E-state index in [-0.39, 0.29) is 5.91 Å². The zero-order valence-electron chi connectivity index (χ0n) is 16.5. The third-order valence-electron chi connectivity index (χ3n) is 4.62. The van der Waals surface area contributed by atoms with Crippen molar-refractivity contribution in [3.8, 4) is 5.69 Å². The molecule has 3 rings (SSSR count). The van der Waals surface area contributed by atoms with Crippen LogP contribution in [0, 0.1) is 34.6 Å². The van der Waals surface area contributed by atoms with Crippen LogP contribution < -0.4 is 5.43 Å². The Labute approximate surface area is 160 Å². The van der Waals surface area contributed by atoms with E-state index in [9.17, 15) is 4.79 Å². The van der Waals surface area contributed by atoms with Gasteiger partial charge in [-0.25, -0.2) is 5.43 Å². The van der Waals surface area contributed by atoms with Crippen molar-refractivity contribution >= 4 is 12.1 Å². The second-order valence-corrected chi connectivity index (χ2v) is 7.07. The van der Waals surface area contributed by atoms with Crippen molar-refractivity contribution in [2.75, 3.05) is 0 Å². The van der Waals surface area contributed by atoms with Gasteiger partial charge in [0.05, 0.1) is 6.21 Å². The van der Waals surface area contributed by atoms with Gasteiger partial charge in [0.1, 0.15) is 0 Å². The number of amides is 1. The number of nitrogens with one attached hydrogen (secondary N) is 1. The molecule has 138 valence electrons. The van der Waals surface area contributed by atoms with Gasteiger partial charge in [-0.1, -0.05) is 23.8 Å². The predicted molar refractivity (Wildman–Crippen MR) is 111 cm³/mol. The average Bonchev–Trinajstić information content (AvgIpc) is 2.88. The lowest BCUT2D eigenvalue weighted by Gasteiger charge is -2.11. The molecule has 1 heterocycles. The molecule has 2 aromatic carbocycles. The molecule has 3 aromatic rings. The van der Waals surface area contributed by atoms with Gasteiger partial charge in [0.2, 0.25) is 0 Å². The molecule has 4 nitrogen and oxygen atoms in total. The number of hydrazone groups is 1. The minimum Gasteiger partial charge on any atom is -0.318 e. The van der Waals surface area contributed by atoms with E-state index in [4.69, 9.17) is 0 Å². The Morgan fingerprint density at radius 1 is 0.889 bits per heavy atom. The van der Waals surface area contributed by atoms with Crippen molar-refractivity contribution in [3.05, 3.63) is 87.7 Å². The lowest BCUT2D eigenvalue weighted by molar-refractivity contribution is 0.0955. The molecule has 4 heteroatoms. The highest BCUT2D eigenvalue weighted by molar-refractivity contribution is 5.95. The first-order chi connectivity index (χ1) is 12.8. The Hall–Kier alpha value is -3.14. The van der Waals surface area contributed by atoms with Crippen molar-refractivity contribution in [2.45, 2.75) is 34.6 Å². The molecule has 0 saturated heterocycles. The van der Waals surface area contributed by atoms with Gasteiger partial charge in [0.15, 0.2) is 0 Å². The largest absolute Gasteiger partial charge is 0.318 e. The molecule has 0 aliphatic rings. The quantitative estimate of drug-likeness (QED) is 0.529. The van der Waals surface area contributed by atoms with Crippen molar-refractivity contribution in [1.82, 2.24) is 9.99 Å². The number of rotatable bonds is 4. The Morgan fingerprint density at radius 3 is 2.15 bits per heavy atom. The molecular formula is C23H25N3O. The van der Waals surface area contributed by atoms with Crippen molar-refractivity contribution in [2.24, 2.45) is 5.10 Å². The topological polar surface area (TPSA) is 46.4 Å². The lowest BCUT2D eigenvalue weighted by Crippen LogP contribution is -2.17. The van der Waals surface area contributed by atoms with Crippen molar-refractivity contribution < 1.29 is 4.79 Å². The van der Waals surface area contributed by atoms with Gasteiger partial charge in [0, 0.05) is 28.2 Å². The molecule has 27 heavy (non-hydrogen) atoms. The van der Waals surface area contributed by atoms with Crippen LogP contribution in [0.1, 0.15) is 44.0 Å². The van der Waals surface area contributed by atoms with E-state index in [0.29, 0.717) is 5.56 Å². The summed E-state index contributed by atoms with van der Waals surface area (Å²) in [4.78, 5) is 12.2. The van der Waals surface area contributed by atoms with Crippen LogP contribution in [0.3, 0.4) is 0 Å². The summed E-state index contributed by atoms with van der Waals surface area (Å²) >= 11 is 0. The Morgan fingerprint density at radius 2 is 1.52 bits per heavy atom. The minimum atomic E-state index is -0.214. The Balaban J connectivity index is 1.81. The average molecular weight is 359 g/mol. The van der Waals surface area contributed by atoms with E-state index in [1.807, 2.05) is 19.1 Å². The molecule has 0 radical (unpaired) electrons. The fourth-order valence-electron chi connectivity index (χ4n) is 3.33. The summed E-state index contributed by atoms with van der Waals surface area (Å²) in [7, 11) is 0. The number of hydrogen-bond donors (Lipinski definition) is 1. The smallest absolute Gasteiger partial charge is 0.271 e. The maximum absolute atomic E-state index is 12.2. The zero-order chi connectivity index (χ0) is 19.6. The summed E-state index contributed by atoms with van der Waals surface area (Å²) in [6.45, 7) is 10.3. The number of benzene rings is 2. The third kappa shape index (κ3) is 4.17. The molecule has 0 spiro atoms. The zero-order valence-corrected chi connectivity index (χ0v) is 16.5. The number of carbonyl (C=O) groups is 1. The molecule has 0 saturated carbocycles. The molecule has 0 unspecified atom stereocenters. The summed E-state index contributed by atoms with van der Waals surface area (Å²) < 4.78 is 2.21. The van der Waals surface area contributed by atoms with Gasteiger partial charge >= 0.3 is 0 Å². The summed E-state index contributed by atoms with van der Waals surface area (Å²) in [6.07, 6.45) is 1.70. The van der Waals surface area contributed by atoms with E-state index >= 15 is 0 Å². The highest BCUT2D eigenvalue weighted by atomic mass is 16.2. The lowest BCUT2D eigenvalue weighted by atomic mass is 10.1. The first-order valence-electron chi connectivity index (χ1n) is 9.03. The van der Waals surface area contributed by atoms with Crippen LogP contribution in [0.5, 0.6) is 0 Å². The monoisotopic (exact) mass is 359 g/mol. The molecule has 0 aliphatic carbocycles. The third-order valence-corrected chi connectivity index (χ3v) is 4.62. The number of carbonyl (C=O) groups excluding carboxylic acids is 1. The number of hydrogen-bond acceptors (Lipinski definition) is 2. The summed E-state index contributed by atoms with van der Waals surface area (Å²) in [5, 5.41) is 4.15. The van der Waals surface area contributed by atoms with Crippen LogP contribution in [-0.4, -0.2) is 16.7 Å². The summed E-state index contributed by atoms with van der Waals surface area (Å²) in [5.41, 5.74) is 11.1. The van der Waals surface area contributed by atoms with E-state index in [1.54, 1.807) is 18.3 Å². The standard InChI is InChI=1S/C23H25N3O/c1-15-6-8-20(9-7-15)23(27)25-24-14-21-13-18(4)26(19(21)5)22-11-16(2)10-17(3)12-22/h6-14H,1-5H3,(H,25,27)/b24-14+. The molecule has 1 aromatic heterocycles. The molecule has 1 N–H and O–H groups in total. The Kier molecular flexibility index (Phi) is 5.26. The van der Waals surface area contributed by atoms with Crippen molar-refractivity contribution in [1.29, 1.82) is 0 Å². The first kappa shape index (κ1) is 18.6. The Bertz CT molecular complexity index is 991. The maximum atomic E-state index is 12.2. The fourth-order valence-corrected chi connectivity index (χ4v) is 3.33. The van der Waals surface area contributed by atoms with Crippen molar-refractivity contribution in [3.63, 3.8) is 0 Å². The van der Waals surface area contributed by atoms with E-state index in [1.165, 1.54) is 11.1 Å². The number of nitrogens with zero attached hydrogens (tertiary/aromatic N) is 2. The fraction of sp³-hybridized carbons (Fsp3) is 0.217. The normalized spacial score (nSPS) is 11.1.